The first-order valence-electron chi connectivity index (χ1n) is 7.29. The molecular weight excluding hydrogens is 244 g/mol. The molecule has 2 nitrogen and oxygen atoms in total. The Hall–Kier alpha value is -1.80. The minimum absolute atomic E-state index is 0.382. The summed E-state index contributed by atoms with van der Waals surface area (Å²) < 4.78 is 0. The highest BCUT2D eigenvalue weighted by Gasteiger charge is 2.41. The minimum Gasteiger partial charge on any atom is -0.374 e. The van der Waals surface area contributed by atoms with Gasteiger partial charge in [-0.25, -0.2) is 0 Å². The molecule has 1 fully saturated rings. The third-order valence-corrected chi connectivity index (χ3v) is 4.38. The topological polar surface area (TPSA) is 29.3 Å². The predicted molar refractivity (Wildman–Crippen MR) is 85.9 cm³/mol. The molecule has 2 aromatic carbocycles. The number of hydrogen-bond donors (Lipinski definition) is 1. The summed E-state index contributed by atoms with van der Waals surface area (Å²) in [7, 11) is 2.16. The van der Waals surface area contributed by atoms with Crippen molar-refractivity contribution in [2.75, 3.05) is 25.0 Å². The van der Waals surface area contributed by atoms with Gasteiger partial charge in [0.25, 0.3) is 0 Å². The maximum atomic E-state index is 5.87. The maximum Gasteiger partial charge on any atom is 0.0364 e. The zero-order valence-electron chi connectivity index (χ0n) is 12.0. The summed E-state index contributed by atoms with van der Waals surface area (Å²) in [6.07, 6.45) is 2.55. The average Bonchev–Trinajstić information content (AvgIpc) is 3.28. The molecule has 0 aromatic heterocycles. The molecule has 1 aliphatic rings. The van der Waals surface area contributed by atoms with Crippen molar-refractivity contribution < 1.29 is 0 Å². The lowest BCUT2D eigenvalue weighted by atomic mass is 10.0. The van der Waals surface area contributed by atoms with Gasteiger partial charge in [-0.2, -0.15) is 0 Å². The van der Waals surface area contributed by atoms with Crippen molar-refractivity contribution >= 4 is 5.69 Å². The van der Waals surface area contributed by atoms with Crippen molar-refractivity contribution in [3.05, 3.63) is 54.6 Å². The number of hydrogen-bond acceptors (Lipinski definition) is 2. The molecule has 0 amide bonds. The van der Waals surface area contributed by atoms with Crippen LogP contribution < -0.4 is 10.6 Å². The smallest absolute Gasteiger partial charge is 0.0364 e. The summed E-state index contributed by atoms with van der Waals surface area (Å²) in [5.74, 6) is 0. The van der Waals surface area contributed by atoms with Crippen molar-refractivity contribution in [2.24, 2.45) is 11.1 Å². The molecule has 2 aromatic rings. The zero-order valence-corrected chi connectivity index (χ0v) is 12.0. The van der Waals surface area contributed by atoms with Crippen LogP contribution in [0.3, 0.4) is 0 Å². The standard InChI is InChI=1S/C18H22N2/c1-20(14-18(13-19)11-12-18)17-9-7-16(8-10-17)15-5-3-2-4-6-15/h2-10H,11-14,19H2,1H3. The van der Waals surface area contributed by atoms with E-state index >= 15 is 0 Å². The van der Waals surface area contributed by atoms with E-state index in [4.69, 9.17) is 5.73 Å². The number of rotatable bonds is 5. The first kappa shape index (κ1) is 13.2. The summed E-state index contributed by atoms with van der Waals surface area (Å²) in [6, 6.07) is 19.3. The van der Waals surface area contributed by atoms with Gasteiger partial charge >= 0.3 is 0 Å². The van der Waals surface area contributed by atoms with E-state index in [9.17, 15) is 0 Å². The normalized spacial score (nSPS) is 15.9. The molecule has 0 heterocycles. The van der Waals surface area contributed by atoms with Gasteiger partial charge in [-0.15, -0.1) is 0 Å². The highest BCUT2D eigenvalue weighted by molar-refractivity contribution is 5.66. The lowest BCUT2D eigenvalue weighted by Gasteiger charge is -2.25. The van der Waals surface area contributed by atoms with Crippen molar-refractivity contribution in [3.8, 4) is 11.1 Å². The Kier molecular flexibility index (Phi) is 3.49. The second-order valence-electron chi connectivity index (χ2n) is 5.97. The molecule has 3 rings (SSSR count). The second kappa shape index (κ2) is 5.29. The van der Waals surface area contributed by atoms with Gasteiger partial charge in [-0.1, -0.05) is 42.5 Å². The number of benzene rings is 2. The van der Waals surface area contributed by atoms with E-state index in [1.165, 1.54) is 29.7 Å². The monoisotopic (exact) mass is 266 g/mol. The van der Waals surface area contributed by atoms with E-state index < -0.39 is 0 Å². The van der Waals surface area contributed by atoms with Crippen LogP contribution in [0.1, 0.15) is 12.8 Å². The summed E-state index contributed by atoms with van der Waals surface area (Å²) >= 11 is 0. The highest BCUT2D eigenvalue weighted by Crippen LogP contribution is 2.45. The minimum atomic E-state index is 0.382. The van der Waals surface area contributed by atoms with E-state index in [2.05, 4.69) is 60.5 Å². The fourth-order valence-electron chi connectivity index (χ4n) is 2.74. The summed E-state index contributed by atoms with van der Waals surface area (Å²) in [6.45, 7) is 1.87. The third kappa shape index (κ3) is 2.70. The first-order chi connectivity index (χ1) is 9.72. The van der Waals surface area contributed by atoms with Crippen LogP contribution in [0.4, 0.5) is 5.69 Å². The summed E-state index contributed by atoms with van der Waals surface area (Å²) in [4.78, 5) is 2.33. The lowest BCUT2D eigenvalue weighted by Crippen LogP contribution is -2.31. The van der Waals surface area contributed by atoms with Crippen LogP contribution >= 0.6 is 0 Å². The number of anilines is 1. The van der Waals surface area contributed by atoms with Crippen molar-refractivity contribution in [1.82, 2.24) is 0 Å². The Bertz CT molecular complexity index is 556. The first-order valence-corrected chi connectivity index (χ1v) is 7.29. The van der Waals surface area contributed by atoms with Gasteiger partial charge in [-0.3, -0.25) is 0 Å². The van der Waals surface area contributed by atoms with E-state index in [0.29, 0.717) is 5.41 Å². The van der Waals surface area contributed by atoms with Gasteiger partial charge in [0.05, 0.1) is 0 Å². The highest BCUT2D eigenvalue weighted by atomic mass is 15.1. The van der Waals surface area contributed by atoms with Gasteiger partial charge in [0.15, 0.2) is 0 Å². The van der Waals surface area contributed by atoms with Crippen LogP contribution in [-0.2, 0) is 0 Å². The maximum absolute atomic E-state index is 5.87. The molecule has 2 N–H and O–H groups in total. The molecule has 0 radical (unpaired) electrons. The van der Waals surface area contributed by atoms with Gasteiger partial charge in [0.2, 0.25) is 0 Å². The Labute approximate surface area is 121 Å². The van der Waals surface area contributed by atoms with Gasteiger partial charge in [0, 0.05) is 24.7 Å². The van der Waals surface area contributed by atoms with E-state index in [1.807, 2.05) is 6.07 Å². The van der Waals surface area contributed by atoms with Gasteiger partial charge in [0.1, 0.15) is 0 Å². The molecule has 0 atom stereocenters. The fourth-order valence-corrected chi connectivity index (χ4v) is 2.74. The van der Waals surface area contributed by atoms with Crippen LogP contribution in [0.25, 0.3) is 11.1 Å². The quantitative estimate of drug-likeness (QED) is 0.897. The average molecular weight is 266 g/mol. The fraction of sp³-hybridized carbons (Fsp3) is 0.333. The molecule has 1 saturated carbocycles. The van der Waals surface area contributed by atoms with Crippen LogP contribution in [0.15, 0.2) is 54.6 Å². The Morgan fingerprint density at radius 1 is 0.950 bits per heavy atom. The molecular formula is C18H22N2. The van der Waals surface area contributed by atoms with Gasteiger partial charge < -0.3 is 10.6 Å². The van der Waals surface area contributed by atoms with Crippen molar-refractivity contribution in [1.29, 1.82) is 0 Å². The number of nitrogens with zero attached hydrogens (tertiary/aromatic N) is 1. The number of nitrogens with two attached hydrogens (primary N) is 1. The van der Waals surface area contributed by atoms with E-state index in [0.717, 1.165) is 13.1 Å². The van der Waals surface area contributed by atoms with Crippen molar-refractivity contribution in [3.63, 3.8) is 0 Å². The summed E-state index contributed by atoms with van der Waals surface area (Å²) in [5, 5.41) is 0. The molecule has 104 valence electrons. The largest absolute Gasteiger partial charge is 0.374 e. The SMILES string of the molecule is CN(CC1(CN)CC1)c1ccc(-c2ccccc2)cc1. The van der Waals surface area contributed by atoms with E-state index in [1.54, 1.807) is 0 Å². The molecule has 0 bridgehead atoms. The molecule has 0 unspecified atom stereocenters. The predicted octanol–water partition coefficient (Wildman–Crippen LogP) is 3.53. The molecule has 2 heteroatoms. The third-order valence-electron chi connectivity index (χ3n) is 4.38. The molecule has 20 heavy (non-hydrogen) atoms. The Morgan fingerprint density at radius 2 is 1.55 bits per heavy atom. The Balaban J connectivity index is 1.73. The van der Waals surface area contributed by atoms with Gasteiger partial charge in [-0.05, 0) is 42.6 Å². The van der Waals surface area contributed by atoms with E-state index in [-0.39, 0.29) is 0 Å². The van der Waals surface area contributed by atoms with Crippen molar-refractivity contribution in [2.45, 2.75) is 12.8 Å². The van der Waals surface area contributed by atoms with Crippen LogP contribution in [0.5, 0.6) is 0 Å². The lowest BCUT2D eigenvalue weighted by molar-refractivity contribution is 0.523. The molecule has 0 aliphatic heterocycles. The zero-order chi connectivity index (χ0) is 14.0. The molecule has 0 spiro atoms. The molecule has 1 aliphatic carbocycles. The Morgan fingerprint density at radius 3 is 2.10 bits per heavy atom. The van der Waals surface area contributed by atoms with Crippen LogP contribution in [0.2, 0.25) is 0 Å². The molecule has 0 saturated heterocycles. The van der Waals surface area contributed by atoms with Crippen LogP contribution in [-0.4, -0.2) is 20.1 Å². The van der Waals surface area contributed by atoms with Crippen LogP contribution in [0, 0.1) is 5.41 Å². The second-order valence-corrected chi connectivity index (χ2v) is 5.97. The summed E-state index contributed by atoms with van der Waals surface area (Å²) in [5.41, 5.74) is 10.1.